The van der Waals surface area contributed by atoms with E-state index in [4.69, 9.17) is 4.74 Å². The van der Waals surface area contributed by atoms with E-state index >= 15 is 0 Å². The second kappa shape index (κ2) is 8.45. The molecule has 27 heavy (non-hydrogen) atoms. The van der Waals surface area contributed by atoms with E-state index in [0.29, 0.717) is 18.8 Å². The third-order valence-electron chi connectivity index (χ3n) is 4.79. The van der Waals surface area contributed by atoms with Gasteiger partial charge < -0.3 is 4.74 Å². The molecule has 0 aliphatic rings. The molecular weight excluding hydrogens is 345 g/mol. The van der Waals surface area contributed by atoms with E-state index in [1.54, 1.807) is 36.2 Å². The number of aryl methyl sites for hydroxylation is 2. The molecule has 0 radical (unpaired) electrons. The van der Waals surface area contributed by atoms with Crippen LogP contribution in [0.2, 0.25) is 0 Å². The van der Waals surface area contributed by atoms with E-state index in [1.807, 2.05) is 24.9 Å². The Labute approximate surface area is 159 Å². The highest BCUT2D eigenvalue weighted by Gasteiger charge is 2.15. The topological polar surface area (TPSA) is 48.1 Å². The molecule has 0 fully saturated rings. The molecule has 144 valence electrons. The normalized spacial score (nSPS) is 11.5. The fourth-order valence-electron chi connectivity index (χ4n) is 3.17. The van der Waals surface area contributed by atoms with Crippen molar-refractivity contribution in [2.45, 2.75) is 26.9 Å². The molecule has 0 aliphatic carbocycles. The monoisotopic (exact) mass is 371 g/mol. The van der Waals surface area contributed by atoms with Crippen molar-refractivity contribution in [2.24, 2.45) is 7.05 Å². The van der Waals surface area contributed by atoms with Crippen LogP contribution in [0.1, 0.15) is 22.5 Å². The summed E-state index contributed by atoms with van der Waals surface area (Å²) in [5, 5.41) is 8.83. The second-order valence-corrected chi connectivity index (χ2v) is 6.72. The van der Waals surface area contributed by atoms with Crippen molar-refractivity contribution in [3.63, 3.8) is 0 Å². The molecule has 0 unspecified atom stereocenters. The Morgan fingerprint density at radius 2 is 1.96 bits per heavy atom. The number of nitrogens with zero attached hydrogens (tertiary/aromatic N) is 5. The van der Waals surface area contributed by atoms with E-state index in [2.05, 4.69) is 22.0 Å². The molecular formula is C20H26FN5O. The van der Waals surface area contributed by atoms with Gasteiger partial charge in [0.05, 0.1) is 18.5 Å². The first-order valence-corrected chi connectivity index (χ1v) is 8.98. The van der Waals surface area contributed by atoms with Gasteiger partial charge in [-0.1, -0.05) is 12.1 Å². The van der Waals surface area contributed by atoms with Crippen molar-refractivity contribution in [1.82, 2.24) is 24.5 Å². The van der Waals surface area contributed by atoms with Gasteiger partial charge in [0.1, 0.15) is 11.5 Å². The number of benzene rings is 1. The van der Waals surface area contributed by atoms with Crippen LogP contribution in [0.3, 0.4) is 0 Å². The molecule has 0 N–H and O–H groups in total. The average Bonchev–Trinajstić information content (AvgIpc) is 3.20. The molecule has 1 aromatic carbocycles. The predicted molar refractivity (Wildman–Crippen MR) is 102 cm³/mol. The number of methoxy groups -OCH3 is 1. The minimum absolute atomic E-state index is 0.287. The zero-order chi connectivity index (χ0) is 19.4. The van der Waals surface area contributed by atoms with Crippen LogP contribution in [0.4, 0.5) is 4.39 Å². The zero-order valence-electron chi connectivity index (χ0n) is 16.3. The molecule has 0 atom stereocenters. The quantitative estimate of drug-likeness (QED) is 0.611. The number of hydrogen-bond donors (Lipinski definition) is 0. The van der Waals surface area contributed by atoms with Gasteiger partial charge in [-0.15, -0.1) is 0 Å². The lowest BCUT2D eigenvalue weighted by Crippen LogP contribution is -2.27. The summed E-state index contributed by atoms with van der Waals surface area (Å²) in [6.45, 7) is 7.02. The van der Waals surface area contributed by atoms with Crippen molar-refractivity contribution >= 4 is 0 Å². The van der Waals surface area contributed by atoms with Crippen LogP contribution in [0.5, 0.6) is 0 Å². The Balaban J connectivity index is 1.78. The molecule has 6 nitrogen and oxygen atoms in total. The third kappa shape index (κ3) is 4.43. The van der Waals surface area contributed by atoms with E-state index in [1.165, 1.54) is 11.6 Å². The largest absolute Gasteiger partial charge is 0.383 e. The van der Waals surface area contributed by atoms with Gasteiger partial charge in [-0.05, 0) is 26.0 Å². The van der Waals surface area contributed by atoms with Gasteiger partial charge in [0.15, 0.2) is 0 Å². The molecule has 7 heteroatoms. The Morgan fingerprint density at radius 1 is 1.19 bits per heavy atom. The Bertz CT molecular complexity index is 902. The number of para-hydroxylation sites is 1. The molecule has 0 aliphatic heterocycles. The van der Waals surface area contributed by atoms with Gasteiger partial charge in [0.25, 0.3) is 0 Å². The average molecular weight is 371 g/mol. The first-order valence-electron chi connectivity index (χ1n) is 8.98. The summed E-state index contributed by atoms with van der Waals surface area (Å²) in [6.07, 6.45) is 3.66. The van der Waals surface area contributed by atoms with Gasteiger partial charge in [0.2, 0.25) is 0 Å². The molecule has 0 saturated heterocycles. The maximum atomic E-state index is 14.0. The molecule has 3 rings (SSSR count). The van der Waals surface area contributed by atoms with Crippen molar-refractivity contribution < 1.29 is 9.13 Å². The Kier molecular flexibility index (Phi) is 6.03. The lowest BCUT2D eigenvalue weighted by molar-refractivity contribution is 0.140. The number of hydrogen-bond acceptors (Lipinski definition) is 4. The van der Waals surface area contributed by atoms with Gasteiger partial charge in [0, 0.05) is 56.8 Å². The fourth-order valence-corrected chi connectivity index (χ4v) is 3.17. The standard InChI is InChI=1S/C20H26FN5O/c1-15-18(16(2)24(3)23-15)14-25(9-10-27-4)12-17-11-22-26(13-17)20-8-6-5-7-19(20)21/h5-8,11,13H,9-10,12,14H2,1-4H3. The van der Waals surface area contributed by atoms with Gasteiger partial charge in [-0.25, -0.2) is 9.07 Å². The minimum Gasteiger partial charge on any atom is -0.383 e. The molecule has 0 bridgehead atoms. The maximum Gasteiger partial charge on any atom is 0.148 e. The molecule has 2 aromatic heterocycles. The molecule has 0 saturated carbocycles. The molecule has 2 heterocycles. The van der Waals surface area contributed by atoms with Crippen molar-refractivity contribution in [2.75, 3.05) is 20.3 Å². The summed E-state index contributed by atoms with van der Waals surface area (Å²) >= 11 is 0. The third-order valence-corrected chi connectivity index (χ3v) is 4.79. The van der Waals surface area contributed by atoms with Crippen molar-refractivity contribution in [3.8, 4) is 5.69 Å². The van der Waals surface area contributed by atoms with Crippen LogP contribution in [0.15, 0.2) is 36.7 Å². The number of aromatic nitrogens is 4. The summed E-state index contributed by atoms with van der Waals surface area (Å²) in [5.74, 6) is -0.287. The van der Waals surface area contributed by atoms with E-state index in [-0.39, 0.29) is 5.82 Å². The van der Waals surface area contributed by atoms with Gasteiger partial charge >= 0.3 is 0 Å². The number of ether oxygens (including phenoxy) is 1. The molecule has 3 aromatic rings. The Morgan fingerprint density at radius 3 is 2.63 bits per heavy atom. The van der Waals surface area contributed by atoms with E-state index < -0.39 is 0 Å². The van der Waals surface area contributed by atoms with E-state index in [0.717, 1.165) is 30.0 Å². The summed E-state index contributed by atoms with van der Waals surface area (Å²) < 4.78 is 22.8. The fraction of sp³-hybridized carbons (Fsp3) is 0.400. The molecule has 0 spiro atoms. The molecule has 0 amide bonds. The Hall–Kier alpha value is -2.51. The maximum absolute atomic E-state index is 14.0. The highest BCUT2D eigenvalue weighted by Crippen LogP contribution is 2.18. The van der Waals surface area contributed by atoms with Crippen LogP contribution in [-0.2, 0) is 24.9 Å². The second-order valence-electron chi connectivity index (χ2n) is 6.72. The number of halogens is 1. The summed E-state index contributed by atoms with van der Waals surface area (Å²) in [4.78, 5) is 2.29. The van der Waals surface area contributed by atoms with Crippen LogP contribution in [0.25, 0.3) is 5.69 Å². The first kappa shape index (κ1) is 19.3. The van der Waals surface area contributed by atoms with Crippen LogP contribution in [0, 0.1) is 19.7 Å². The SMILES string of the molecule is COCCN(Cc1cnn(-c2ccccc2F)c1)Cc1c(C)nn(C)c1C. The highest BCUT2D eigenvalue weighted by atomic mass is 19.1. The summed E-state index contributed by atoms with van der Waals surface area (Å²) in [6, 6.07) is 6.64. The van der Waals surface area contributed by atoms with Gasteiger partial charge in [-0.3, -0.25) is 9.58 Å². The number of rotatable bonds is 8. The predicted octanol–water partition coefficient (Wildman–Crippen LogP) is 3.01. The lowest BCUT2D eigenvalue weighted by atomic mass is 10.1. The zero-order valence-corrected chi connectivity index (χ0v) is 16.3. The highest BCUT2D eigenvalue weighted by molar-refractivity contribution is 5.33. The lowest BCUT2D eigenvalue weighted by Gasteiger charge is -2.21. The van der Waals surface area contributed by atoms with Crippen LogP contribution in [-0.4, -0.2) is 44.7 Å². The van der Waals surface area contributed by atoms with Crippen molar-refractivity contribution in [1.29, 1.82) is 0 Å². The van der Waals surface area contributed by atoms with Crippen LogP contribution >= 0.6 is 0 Å². The summed E-state index contributed by atoms with van der Waals surface area (Å²) in [5.41, 5.74) is 4.91. The van der Waals surface area contributed by atoms with E-state index in [9.17, 15) is 4.39 Å². The smallest absolute Gasteiger partial charge is 0.148 e. The summed E-state index contributed by atoms with van der Waals surface area (Å²) in [7, 11) is 3.67. The van der Waals surface area contributed by atoms with Gasteiger partial charge in [-0.2, -0.15) is 10.2 Å². The van der Waals surface area contributed by atoms with Crippen LogP contribution < -0.4 is 0 Å². The van der Waals surface area contributed by atoms with Crippen molar-refractivity contribution in [3.05, 3.63) is 65.0 Å². The minimum atomic E-state index is -0.287. The first-order chi connectivity index (χ1) is 13.0.